The molecule has 0 saturated carbocycles. The largest absolute Gasteiger partial charge is 0.310 e. The van der Waals surface area contributed by atoms with Crippen LogP contribution in [0.15, 0.2) is 18.3 Å². The SMILES string of the molecule is N#Cc1cc(C2=CC[C@@H]3CCCN[C@H]23)cnc1Cl. The van der Waals surface area contributed by atoms with Gasteiger partial charge >= 0.3 is 0 Å². The average molecular weight is 260 g/mol. The first-order valence-electron chi connectivity index (χ1n) is 6.29. The zero-order chi connectivity index (χ0) is 12.5. The van der Waals surface area contributed by atoms with Gasteiger partial charge in [-0.05, 0) is 48.9 Å². The van der Waals surface area contributed by atoms with Gasteiger partial charge in [0.1, 0.15) is 11.2 Å². The molecule has 0 bridgehead atoms. The molecule has 2 atom stereocenters. The zero-order valence-electron chi connectivity index (χ0n) is 9.99. The lowest BCUT2D eigenvalue weighted by molar-refractivity contribution is 0.346. The molecular weight excluding hydrogens is 246 g/mol. The molecule has 92 valence electrons. The number of hydrogen-bond donors (Lipinski definition) is 1. The van der Waals surface area contributed by atoms with E-state index in [1.807, 2.05) is 6.07 Å². The highest BCUT2D eigenvalue weighted by Crippen LogP contribution is 2.37. The lowest BCUT2D eigenvalue weighted by Gasteiger charge is -2.29. The van der Waals surface area contributed by atoms with Gasteiger partial charge < -0.3 is 5.32 Å². The number of nitriles is 1. The van der Waals surface area contributed by atoms with Crippen LogP contribution in [0.3, 0.4) is 0 Å². The summed E-state index contributed by atoms with van der Waals surface area (Å²) in [6, 6.07) is 4.36. The van der Waals surface area contributed by atoms with Gasteiger partial charge in [0.25, 0.3) is 0 Å². The van der Waals surface area contributed by atoms with Gasteiger partial charge in [-0.15, -0.1) is 0 Å². The molecular formula is C14H14ClN3. The molecule has 1 aromatic rings. The summed E-state index contributed by atoms with van der Waals surface area (Å²) in [6.45, 7) is 1.07. The molecule has 4 heteroatoms. The van der Waals surface area contributed by atoms with Gasteiger partial charge in [-0.3, -0.25) is 0 Å². The van der Waals surface area contributed by atoms with Crippen LogP contribution in [0.2, 0.25) is 5.15 Å². The van der Waals surface area contributed by atoms with Crippen LogP contribution in [-0.4, -0.2) is 17.6 Å². The summed E-state index contributed by atoms with van der Waals surface area (Å²) < 4.78 is 0. The first kappa shape index (κ1) is 11.7. The fourth-order valence-corrected chi connectivity index (χ4v) is 3.11. The Balaban J connectivity index is 1.94. The Morgan fingerprint density at radius 2 is 2.39 bits per heavy atom. The van der Waals surface area contributed by atoms with Gasteiger partial charge in [0, 0.05) is 12.2 Å². The summed E-state index contributed by atoms with van der Waals surface area (Å²) in [5.41, 5.74) is 2.76. The zero-order valence-corrected chi connectivity index (χ0v) is 10.7. The van der Waals surface area contributed by atoms with Crippen LogP contribution in [0.1, 0.15) is 30.4 Å². The number of hydrogen-bond acceptors (Lipinski definition) is 3. The number of nitrogens with one attached hydrogen (secondary N) is 1. The predicted octanol–water partition coefficient (Wildman–Crippen LogP) is 2.76. The van der Waals surface area contributed by atoms with Crippen molar-refractivity contribution in [3.05, 3.63) is 34.6 Å². The van der Waals surface area contributed by atoms with Gasteiger partial charge in [-0.25, -0.2) is 4.98 Å². The second-order valence-corrected chi connectivity index (χ2v) is 5.26. The number of nitrogens with zero attached hydrogens (tertiary/aromatic N) is 2. The first-order chi connectivity index (χ1) is 8.79. The van der Waals surface area contributed by atoms with Crippen LogP contribution in [0, 0.1) is 17.2 Å². The van der Waals surface area contributed by atoms with Crippen molar-refractivity contribution in [2.45, 2.75) is 25.3 Å². The fraction of sp³-hybridized carbons (Fsp3) is 0.429. The van der Waals surface area contributed by atoms with Crippen LogP contribution in [0.5, 0.6) is 0 Å². The normalized spacial score (nSPS) is 26.3. The Labute approximate surface area is 111 Å². The summed E-state index contributed by atoms with van der Waals surface area (Å²) in [7, 11) is 0. The van der Waals surface area contributed by atoms with Crippen molar-refractivity contribution in [2.75, 3.05) is 6.54 Å². The molecule has 0 radical (unpaired) electrons. The van der Waals surface area contributed by atoms with E-state index in [-0.39, 0.29) is 5.15 Å². The minimum absolute atomic E-state index is 0.285. The number of fused-ring (bicyclic) bond motifs is 1. The molecule has 1 saturated heterocycles. The lowest BCUT2D eigenvalue weighted by Crippen LogP contribution is -2.39. The summed E-state index contributed by atoms with van der Waals surface area (Å²) >= 11 is 5.87. The number of pyridine rings is 1. The molecule has 2 aliphatic rings. The topological polar surface area (TPSA) is 48.7 Å². The number of allylic oxidation sites excluding steroid dienone is 1. The minimum atomic E-state index is 0.285. The van der Waals surface area contributed by atoms with E-state index in [1.54, 1.807) is 6.20 Å². The molecule has 0 amide bonds. The Bertz CT molecular complexity index is 544. The van der Waals surface area contributed by atoms with Gasteiger partial charge in [0.05, 0.1) is 5.56 Å². The van der Waals surface area contributed by atoms with Crippen LogP contribution in [0.4, 0.5) is 0 Å². The van der Waals surface area contributed by atoms with Gasteiger partial charge in [0.2, 0.25) is 0 Å². The fourth-order valence-electron chi connectivity index (χ4n) is 2.96. The van der Waals surface area contributed by atoms with E-state index >= 15 is 0 Å². The van der Waals surface area contributed by atoms with Crippen molar-refractivity contribution in [1.29, 1.82) is 5.26 Å². The van der Waals surface area contributed by atoms with Crippen molar-refractivity contribution in [2.24, 2.45) is 5.92 Å². The summed E-state index contributed by atoms with van der Waals surface area (Å²) in [6.07, 6.45) is 7.71. The molecule has 18 heavy (non-hydrogen) atoms. The van der Waals surface area contributed by atoms with E-state index in [2.05, 4.69) is 22.4 Å². The van der Waals surface area contributed by atoms with E-state index in [0.29, 0.717) is 17.5 Å². The third-order valence-electron chi connectivity index (χ3n) is 3.86. The van der Waals surface area contributed by atoms with Crippen LogP contribution in [0.25, 0.3) is 5.57 Å². The van der Waals surface area contributed by atoms with Crippen molar-refractivity contribution in [3.8, 4) is 6.07 Å². The van der Waals surface area contributed by atoms with Gasteiger partial charge in [-0.2, -0.15) is 5.26 Å². The minimum Gasteiger partial charge on any atom is -0.310 e. The van der Waals surface area contributed by atoms with E-state index in [0.717, 1.165) is 18.5 Å². The molecule has 1 N–H and O–H groups in total. The highest BCUT2D eigenvalue weighted by Gasteiger charge is 2.32. The molecule has 3 rings (SSSR count). The van der Waals surface area contributed by atoms with Crippen molar-refractivity contribution < 1.29 is 0 Å². The van der Waals surface area contributed by atoms with E-state index in [1.165, 1.54) is 18.4 Å². The van der Waals surface area contributed by atoms with E-state index < -0.39 is 0 Å². The summed E-state index contributed by atoms with van der Waals surface area (Å²) in [5.74, 6) is 0.704. The monoisotopic (exact) mass is 259 g/mol. The lowest BCUT2D eigenvalue weighted by atomic mass is 9.88. The van der Waals surface area contributed by atoms with E-state index in [9.17, 15) is 0 Å². The Morgan fingerprint density at radius 1 is 1.50 bits per heavy atom. The average Bonchev–Trinajstić information content (AvgIpc) is 2.83. The molecule has 1 aromatic heterocycles. The Morgan fingerprint density at radius 3 is 3.22 bits per heavy atom. The quantitative estimate of drug-likeness (QED) is 0.789. The number of rotatable bonds is 1. The van der Waals surface area contributed by atoms with Crippen molar-refractivity contribution >= 4 is 17.2 Å². The highest BCUT2D eigenvalue weighted by molar-refractivity contribution is 6.30. The Hall–Kier alpha value is -1.37. The standard InChI is InChI=1S/C14H14ClN3/c15-14-10(7-16)6-11(8-18-14)12-4-3-9-2-1-5-17-13(9)12/h4,6,8-9,13,17H,1-3,5H2/t9-,13-/m0/s1. The number of halogens is 1. The maximum atomic E-state index is 9.01. The third-order valence-corrected chi connectivity index (χ3v) is 4.16. The van der Waals surface area contributed by atoms with Crippen LogP contribution < -0.4 is 5.32 Å². The first-order valence-corrected chi connectivity index (χ1v) is 6.67. The summed E-state index contributed by atoms with van der Waals surface area (Å²) in [4.78, 5) is 4.11. The van der Waals surface area contributed by atoms with Crippen LogP contribution in [-0.2, 0) is 0 Å². The summed E-state index contributed by atoms with van der Waals surface area (Å²) in [5, 5.41) is 12.9. The second kappa shape index (κ2) is 4.72. The molecule has 0 spiro atoms. The van der Waals surface area contributed by atoms with E-state index in [4.69, 9.17) is 16.9 Å². The molecule has 1 aliphatic heterocycles. The van der Waals surface area contributed by atoms with Crippen LogP contribution >= 0.6 is 11.6 Å². The van der Waals surface area contributed by atoms with Gasteiger partial charge in [-0.1, -0.05) is 17.7 Å². The molecule has 0 unspecified atom stereocenters. The molecule has 1 fully saturated rings. The maximum absolute atomic E-state index is 9.01. The Kier molecular flexibility index (Phi) is 3.07. The third kappa shape index (κ3) is 1.92. The second-order valence-electron chi connectivity index (χ2n) is 4.90. The number of aromatic nitrogens is 1. The molecule has 3 nitrogen and oxygen atoms in total. The van der Waals surface area contributed by atoms with Gasteiger partial charge in [0.15, 0.2) is 0 Å². The molecule has 1 aliphatic carbocycles. The maximum Gasteiger partial charge on any atom is 0.146 e. The predicted molar refractivity (Wildman–Crippen MR) is 71.1 cm³/mol. The van der Waals surface area contributed by atoms with Crippen molar-refractivity contribution in [1.82, 2.24) is 10.3 Å². The highest BCUT2D eigenvalue weighted by atomic mass is 35.5. The number of piperidine rings is 1. The smallest absolute Gasteiger partial charge is 0.146 e. The van der Waals surface area contributed by atoms with Crippen molar-refractivity contribution in [3.63, 3.8) is 0 Å². The molecule has 0 aromatic carbocycles. The molecule has 2 heterocycles.